The van der Waals surface area contributed by atoms with E-state index in [1.54, 1.807) is 0 Å². The van der Waals surface area contributed by atoms with Crippen molar-refractivity contribution in [2.75, 3.05) is 45.4 Å². The molecule has 0 radical (unpaired) electrons. The van der Waals surface area contributed by atoms with Crippen LogP contribution in [0.4, 0.5) is 0 Å². The Hall–Kier alpha value is -3.19. The fourth-order valence-corrected chi connectivity index (χ4v) is 5.61. The maximum absolute atomic E-state index is 13.4. The average Bonchev–Trinajstić information content (AvgIpc) is 3.07. The maximum Gasteiger partial charge on any atom is 0.221 e. The van der Waals surface area contributed by atoms with Crippen molar-refractivity contribution in [3.63, 3.8) is 0 Å². The molecule has 3 aromatic carbocycles. The number of hydrogen-bond acceptors (Lipinski definition) is 4. The molecule has 7 heteroatoms. The van der Waals surface area contributed by atoms with Crippen molar-refractivity contribution in [3.8, 4) is 0 Å². The second-order valence-electron chi connectivity index (χ2n) is 11.0. The molecule has 3 aromatic rings. The van der Waals surface area contributed by atoms with Gasteiger partial charge in [-0.05, 0) is 42.4 Å². The maximum atomic E-state index is 13.4. The van der Waals surface area contributed by atoms with E-state index < -0.39 is 5.41 Å². The van der Waals surface area contributed by atoms with Gasteiger partial charge in [0.25, 0.3) is 0 Å². The summed E-state index contributed by atoms with van der Waals surface area (Å²) in [6, 6.07) is 30.8. The normalized spacial score (nSPS) is 11.3. The lowest BCUT2D eigenvalue weighted by molar-refractivity contribution is -0.122. The molecule has 0 aliphatic heterocycles. The predicted molar refractivity (Wildman–Crippen MR) is 179 cm³/mol. The first kappa shape index (κ1) is 35.3. The van der Waals surface area contributed by atoms with E-state index in [2.05, 4.69) is 47.0 Å². The molecule has 0 fully saturated rings. The van der Waals surface area contributed by atoms with E-state index in [9.17, 15) is 9.59 Å². The second-order valence-corrected chi connectivity index (χ2v) is 11.4. The highest BCUT2D eigenvalue weighted by Gasteiger charge is 2.38. The number of ether oxygens (including phenoxy) is 2. The van der Waals surface area contributed by atoms with E-state index in [0.29, 0.717) is 45.8 Å². The SMILES string of the molecule is O=C(CCCCCNC(=O)CC(c1ccccc1)(c1ccccc1)c1ccccc1)NCCOCCOCCCCCCCl. The molecule has 0 saturated carbocycles. The fourth-order valence-electron chi connectivity index (χ4n) is 5.42. The molecule has 44 heavy (non-hydrogen) atoms. The summed E-state index contributed by atoms with van der Waals surface area (Å²) in [6.45, 7) is 3.42. The monoisotopic (exact) mass is 620 g/mol. The number of alkyl halides is 1. The minimum atomic E-state index is -0.604. The van der Waals surface area contributed by atoms with E-state index >= 15 is 0 Å². The third-order valence-corrected chi connectivity index (χ3v) is 8.01. The first-order chi connectivity index (χ1) is 21.7. The number of amides is 2. The number of nitrogens with one attached hydrogen (secondary N) is 2. The highest BCUT2D eigenvalue weighted by molar-refractivity contribution is 6.17. The van der Waals surface area contributed by atoms with Gasteiger partial charge in [-0.15, -0.1) is 11.6 Å². The van der Waals surface area contributed by atoms with Crippen LogP contribution in [0.1, 0.15) is 74.5 Å². The Kier molecular flexibility index (Phi) is 17.2. The molecule has 2 amide bonds. The molecule has 3 rings (SSSR count). The molecule has 0 bridgehead atoms. The molecular formula is C37H49ClN2O4. The van der Waals surface area contributed by atoms with Crippen LogP contribution < -0.4 is 10.6 Å². The summed E-state index contributed by atoms with van der Waals surface area (Å²) in [5, 5.41) is 6.05. The molecule has 6 nitrogen and oxygen atoms in total. The molecule has 0 saturated heterocycles. The quantitative estimate of drug-likeness (QED) is 0.0677. The van der Waals surface area contributed by atoms with Gasteiger partial charge in [0.1, 0.15) is 0 Å². The summed E-state index contributed by atoms with van der Waals surface area (Å²) in [5.74, 6) is 0.767. The molecule has 238 valence electrons. The van der Waals surface area contributed by atoms with Crippen LogP contribution in [0.3, 0.4) is 0 Å². The molecule has 0 spiro atoms. The zero-order chi connectivity index (χ0) is 31.1. The Balaban J connectivity index is 1.34. The number of halogens is 1. The van der Waals surface area contributed by atoms with Crippen molar-refractivity contribution >= 4 is 23.4 Å². The first-order valence-electron chi connectivity index (χ1n) is 16.1. The highest BCUT2D eigenvalue weighted by Crippen LogP contribution is 2.42. The molecule has 2 N–H and O–H groups in total. The van der Waals surface area contributed by atoms with Gasteiger partial charge in [-0.3, -0.25) is 9.59 Å². The van der Waals surface area contributed by atoms with Crippen LogP contribution in [0.5, 0.6) is 0 Å². The van der Waals surface area contributed by atoms with Crippen molar-refractivity contribution in [1.82, 2.24) is 10.6 Å². The largest absolute Gasteiger partial charge is 0.379 e. The lowest BCUT2D eigenvalue weighted by atomic mass is 9.67. The van der Waals surface area contributed by atoms with Crippen LogP contribution in [0, 0.1) is 0 Å². The second kappa shape index (κ2) is 21.5. The highest BCUT2D eigenvalue weighted by atomic mass is 35.5. The predicted octanol–water partition coefficient (Wildman–Crippen LogP) is 7.04. The first-order valence-corrected chi connectivity index (χ1v) is 16.6. The van der Waals surface area contributed by atoms with Crippen molar-refractivity contribution in [2.45, 2.75) is 63.2 Å². The lowest BCUT2D eigenvalue weighted by Crippen LogP contribution is -2.37. The van der Waals surface area contributed by atoms with Gasteiger partial charge < -0.3 is 20.1 Å². The van der Waals surface area contributed by atoms with Gasteiger partial charge in [-0.2, -0.15) is 0 Å². The zero-order valence-corrected chi connectivity index (χ0v) is 26.7. The summed E-state index contributed by atoms with van der Waals surface area (Å²) in [7, 11) is 0. The fraction of sp³-hybridized carbons (Fsp3) is 0.459. The van der Waals surface area contributed by atoms with Crippen LogP contribution in [0.2, 0.25) is 0 Å². The van der Waals surface area contributed by atoms with Crippen molar-refractivity contribution in [1.29, 1.82) is 0 Å². The standard InChI is InChI=1S/C37H49ClN2O4/c38-24-14-1-2-16-27-43-29-30-44-28-26-40-35(41)23-13-6-15-25-39-36(42)31-37(32-17-7-3-8-18-32,33-19-9-4-10-20-33)34-21-11-5-12-22-34/h3-5,7-12,17-22H,1-2,6,13-16,23-31H2,(H,39,42)(H,40,41). The van der Waals surface area contributed by atoms with Crippen LogP contribution in [-0.2, 0) is 24.5 Å². The van der Waals surface area contributed by atoms with Crippen molar-refractivity contribution in [2.24, 2.45) is 0 Å². The van der Waals surface area contributed by atoms with Crippen LogP contribution >= 0.6 is 11.6 Å². The number of unbranched alkanes of at least 4 members (excludes halogenated alkanes) is 5. The third kappa shape index (κ3) is 12.4. The number of carbonyl (C=O) groups is 2. The molecule has 0 aromatic heterocycles. The van der Waals surface area contributed by atoms with E-state index in [1.165, 1.54) is 0 Å². The number of benzene rings is 3. The Morgan fingerprint density at radius 1 is 0.545 bits per heavy atom. The number of hydrogen-bond donors (Lipinski definition) is 2. The Bertz CT molecular complexity index is 1080. The van der Waals surface area contributed by atoms with Gasteiger partial charge in [0, 0.05) is 38.4 Å². The van der Waals surface area contributed by atoms with Crippen LogP contribution in [-0.4, -0.2) is 57.2 Å². The van der Waals surface area contributed by atoms with E-state index in [4.69, 9.17) is 21.1 Å². The smallest absolute Gasteiger partial charge is 0.221 e. The zero-order valence-electron chi connectivity index (χ0n) is 26.0. The van der Waals surface area contributed by atoms with Crippen LogP contribution in [0.15, 0.2) is 91.0 Å². The lowest BCUT2D eigenvalue weighted by Gasteiger charge is -2.35. The molecule has 0 unspecified atom stereocenters. The summed E-state index contributed by atoms with van der Waals surface area (Å²) in [4.78, 5) is 25.6. The van der Waals surface area contributed by atoms with E-state index in [1.807, 2.05) is 54.6 Å². The minimum Gasteiger partial charge on any atom is -0.379 e. The van der Waals surface area contributed by atoms with Gasteiger partial charge in [-0.25, -0.2) is 0 Å². The summed E-state index contributed by atoms with van der Waals surface area (Å²) in [5.41, 5.74) is 2.65. The van der Waals surface area contributed by atoms with Crippen molar-refractivity contribution < 1.29 is 19.1 Å². The summed E-state index contributed by atoms with van der Waals surface area (Å²) < 4.78 is 11.1. The topological polar surface area (TPSA) is 76.7 Å². The van der Waals surface area contributed by atoms with Gasteiger partial charge in [-0.1, -0.05) is 110 Å². The third-order valence-electron chi connectivity index (χ3n) is 7.74. The van der Waals surface area contributed by atoms with Gasteiger partial charge >= 0.3 is 0 Å². The van der Waals surface area contributed by atoms with E-state index in [0.717, 1.165) is 74.1 Å². The molecule has 0 heterocycles. The van der Waals surface area contributed by atoms with Gasteiger partial charge in [0.2, 0.25) is 11.8 Å². The summed E-state index contributed by atoms with van der Waals surface area (Å²) in [6.07, 6.45) is 7.66. The summed E-state index contributed by atoms with van der Waals surface area (Å²) >= 11 is 5.67. The van der Waals surface area contributed by atoms with Crippen molar-refractivity contribution in [3.05, 3.63) is 108 Å². The van der Waals surface area contributed by atoms with Gasteiger partial charge in [0.15, 0.2) is 0 Å². The molecule has 0 atom stereocenters. The molecule has 0 aliphatic rings. The average molecular weight is 621 g/mol. The molecular weight excluding hydrogens is 572 g/mol. The Labute approximate surface area is 268 Å². The Morgan fingerprint density at radius 3 is 1.61 bits per heavy atom. The van der Waals surface area contributed by atoms with Gasteiger partial charge in [0.05, 0.1) is 25.2 Å². The van der Waals surface area contributed by atoms with E-state index in [-0.39, 0.29) is 11.8 Å². The van der Waals surface area contributed by atoms with Crippen LogP contribution in [0.25, 0.3) is 0 Å². The molecule has 0 aliphatic carbocycles. The number of carbonyl (C=O) groups excluding carboxylic acids is 2. The Morgan fingerprint density at radius 2 is 1.05 bits per heavy atom. The minimum absolute atomic E-state index is 0.00645. The number of rotatable bonds is 23.